The number of carbonyl (C=O) groups is 1. The van der Waals surface area contributed by atoms with Gasteiger partial charge in [-0.15, -0.1) is 0 Å². The van der Waals surface area contributed by atoms with Crippen LogP contribution in [0.1, 0.15) is 41.5 Å². The van der Waals surface area contributed by atoms with Crippen LogP contribution in [-0.2, 0) is 0 Å². The number of likely N-dealkylation sites (tertiary alicyclic amines) is 1. The average molecular weight is 359 g/mol. The molecule has 1 N–H and O–H groups in total. The molecule has 0 saturated carbocycles. The van der Waals surface area contributed by atoms with Crippen LogP contribution < -0.4 is 0 Å². The number of nitrogens with zero attached hydrogens (tertiary/aromatic N) is 3. The van der Waals surface area contributed by atoms with Crippen molar-refractivity contribution in [3.8, 4) is 0 Å². The van der Waals surface area contributed by atoms with E-state index in [9.17, 15) is 9.18 Å². The van der Waals surface area contributed by atoms with Crippen LogP contribution in [0.3, 0.4) is 0 Å². The second-order valence-corrected chi connectivity index (χ2v) is 6.62. The lowest BCUT2D eigenvalue weighted by molar-refractivity contribution is 0.0601. The van der Waals surface area contributed by atoms with Crippen LogP contribution >= 0.6 is 11.6 Å². The second kappa shape index (κ2) is 6.44. The summed E-state index contributed by atoms with van der Waals surface area (Å²) < 4.78 is 13.4. The van der Waals surface area contributed by atoms with Gasteiger partial charge in [0.25, 0.3) is 5.91 Å². The van der Waals surface area contributed by atoms with Gasteiger partial charge in [-0.05, 0) is 43.5 Å². The van der Waals surface area contributed by atoms with Crippen molar-refractivity contribution >= 4 is 28.5 Å². The molecule has 1 atom stereocenters. The lowest BCUT2D eigenvalue weighted by Gasteiger charge is -2.34. The maximum absolute atomic E-state index is 13.4. The van der Waals surface area contributed by atoms with Crippen LogP contribution in [0, 0.1) is 5.82 Å². The lowest BCUT2D eigenvalue weighted by Crippen LogP contribution is -2.39. The van der Waals surface area contributed by atoms with E-state index in [1.54, 1.807) is 17.0 Å². The van der Waals surface area contributed by atoms with Crippen molar-refractivity contribution < 1.29 is 9.18 Å². The van der Waals surface area contributed by atoms with Crippen molar-refractivity contribution in [2.24, 2.45) is 0 Å². The molecule has 0 unspecified atom stereocenters. The summed E-state index contributed by atoms with van der Waals surface area (Å²) in [5.74, 6) is 0.249. The topological polar surface area (TPSA) is 61.9 Å². The molecule has 1 amide bonds. The number of amides is 1. The number of nitrogens with one attached hydrogen (secondary N) is 1. The second-order valence-electron chi connectivity index (χ2n) is 6.19. The number of H-pyrrole nitrogens is 1. The average Bonchev–Trinajstić information content (AvgIpc) is 3.04. The Morgan fingerprint density at radius 2 is 2.16 bits per heavy atom. The van der Waals surface area contributed by atoms with Gasteiger partial charge in [0.05, 0.1) is 27.7 Å². The third kappa shape index (κ3) is 3.09. The van der Waals surface area contributed by atoms with Crippen molar-refractivity contribution in [2.45, 2.75) is 25.3 Å². The van der Waals surface area contributed by atoms with E-state index in [4.69, 9.17) is 11.6 Å². The van der Waals surface area contributed by atoms with Gasteiger partial charge in [0, 0.05) is 18.9 Å². The Morgan fingerprint density at radius 3 is 3.00 bits per heavy atom. The SMILES string of the molecule is O=C(c1cncc(Cl)c1)N1CCCC[C@H]1c1nc2ccc(F)cc2[nH]1. The van der Waals surface area contributed by atoms with E-state index < -0.39 is 0 Å². The molecule has 5 nitrogen and oxygen atoms in total. The van der Waals surface area contributed by atoms with E-state index in [2.05, 4.69) is 15.0 Å². The smallest absolute Gasteiger partial charge is 0.256 e. The zero-order chi connectivity index (χ0) is 17.4. The molecule has 4 rings (SSSR count). The fourth-order valence-electron chi connectivity index (χ4n) is 3.31. The quantitative estimate of drug-likeness (QED) is 0.749. The van der Waals surface area contributed by atoms with Crippen molar-refractivity contribution in [3.63, 3.8) is 0 Å². The van der Waals surface area contributed by atoms with E-state index in [1.807, 2.05) is 0 Å². The van der Waals surface area contributed by atoms with Crippen LogP contribution in [0.5, 0.6) is 0 Å². The highest BCUT2D eigenvalue weighted by atomic mass is 35.5. The van der Waals surface area contributed by atoms with Gasteiger partial charge in [0.2, 0.25) is 0 Å². The molecule has 0 spiro atoms. The van der Waals surface area contributed by atoms with Crippen molar-refractivity contribution in [1.29, 1.82) is 0 Å². The molecule has 3 heterocycles. The van der Waals surface area contributed by atoms with Crippen LogP contribution in [0.4, 0.5) is 4.39 Å². The number of benzene rings is 1. The molecule has 2 aromatic heterocycles. The minimum absolute atomic E-state index is 0.119. The number of halogens is 2. The molecule has 25 heavy (non-hydrogen) atoms. The van der Waals surface area contributed by atoms with Gasteiger partial charge in [-0.25, -0.2) is 9.37 Å². The molecular weight excluding hydrogens is 343 g/mol. The summed E-state index contributed by atoms with van der Waals surface area (Å²) in [5.41, 5.74) is 1.79. The molecule has 128 valence electrons. The van der Waals surface area contributed by atoms with E-state index in [1.165, 1.54) is 24.5 Å². The monoisotopic (exact) mass is 358 g/mol. The zero-order valence-corrected chi connectivity index (χ0v) is 14.1. The van der Waals surface area contributed by atoms with Gasteiger partial charge in [-0.2, -0.15) is 0 Å². The molecule has 1 aliphatic rings. The maximum Gasteiger partial charge on any atom is 0.256 e. The highest BCUT2D eigenvalue weighted by Gasteiger charge is 2.31. The minimum Gasteiger partial charge on any atom is -0.340 e. The van der Waals surface area contributed by atoms with Crippen molar-refractivity contribution in [3.05, 3.63) is 58.9 Å². The van der Waals surface area contributed by atoms with Gasteiger partial charge in [-0.3, -0.25) is 9.78 Å². The van der Waals surface area contributed by atoms with Crippen molar-refractivity contribution in [2.75, 3.05) is 6.54 Å². The molecule has 1 saturated heterocycles. The normalized spacial score (nSPS) is 17.8. The molecule has 7 heteroatoms. The van der Waals surface area contributed by atoms with Crippen LogP contribution in [0.15, 0.2) is 36.7 Å². The number of fused-ring (bicyclic) bond motifs is 1. The zero-order valence-electron chi connectivity index (χ0n) is 13.4. The summed E-state index contributed by atoms with van der Waals surface area (Å²) in [5, 5.41) is 0.429. The number of hydrogen-bond donors (Lipinski definition) is 1. The Bertz CT molecular complexity index is 942. The molecule has 1 aromatic carbocycles. The summed E-state index contributed by atoms with van der Waals surface area (Å²) in [7, 11) is 0. The number of rotatable bonds is 2. The molecule has 1 aliphatic heterocycles. The maximum atomic E-state index is 13.4. The third-order valence-electron chi connectivity index (χ3n) is 4.49. The fraction of sp³-hybridized carbons (Fsp3) is 0.278. The van der Waals surface area contributed by atoms with Crippen LogP contribution in [-0.4, -0.2) is 32.3 Å². The first kappa shape index (κ1) is 16.0. The summed E-state index contributed by atoms with van der Waals surface area (Å²) >= 11 is 5.96. The third-order valence-corrected chi connectivity index (χ3v) is 4.70. The van der Waals surface area contributed by atoms with E-state index in [0.29, 0.717) is 34.0 Å². The number of aromatic amines is 1. The first-order valence-electron chi connectivity index (χ1n) is 8.18. The van der Waals surface area contributed by atoms with Crippen LogP contribution in [0.2, 0.25) is 5.02 Å². The Balaban J connectivity index is 1.69. The number of piperidine rings is 1. The van der Waals surface area contributed by atoms with Gasteiger partial charge in [-0.1, -0.05) is 11.6 Å². The molecule has 1 fully saturated rings. The largest absolute Gasteiger partial charge is 0.340 e. The first-order chi connectivity index (χ1) is 12.1. The Hall–Kier alpha value is -2.47. The Morgan fingerprint density at radius 1 is 1.28 bits per heavy atom. The van der Waals surface area contributed by atoms with E-state index in [0.717, 1.165) is 19.3 Å². The molecule has 0 bridgehead atoms. The van der Waals surface area contributed by atoms with E-state index >= 15 is 0 Å². The number of hydrogen-bond acceptors (Lipinski definition) is 3. The summed E-state index contributed by atoms with van der Waals surface area (Å²) in [6.45, 7) is 0.640. The first-order valence-corrected chi connectivity index (χ1v) is 8.56. The number of aromatic nitrogens is 3. The lowest BCUT2D eigenvalue weighted by atomic mass is 10.0. The molecule has 3 aromatic rings. The Kier molecular flexibility index (Phi) is 4.13. The van der Waals surface area contributed by atoms with Gasteiger partial charge in [0.15, 0.2) is 0 Å². The summed E-state index contributed by atoms with van der Waals surface area (Å²) in [4.78, 5) is 26.5. The number of imidazole rings is 1. The minimum atomic E-state index is -0.315. The van der Waals surface area contributed by atoms with E-state index in [-0.39, 0.29) is 17.8 Å². The number of carbonyl (C=O) groups excluding carboxylic acids is 1. The van der Waals surface area contributed by atoms with Crippen molar-refractivity contribution in [1.82, 2.24) is 19.9 Å². The van der Waals surface area contributed by atoms with Gasteiger partial charge in [0.1, 0.15) is 11.6 Å². The van der Waals surface area contributed by atoms with Gasteiger partial charge < -0.3 is 9.88 Å². The van der Waals surface area contributed by atoms with Crippen LogP contribution in [0.25, 0.3) is 11.0 Å². The number of pyridine rings is 1. The predicted octanol–water partition coefficient (Wildman–Crippen LogP) is 4.12. The highest BCUT2D eigenvalue weighted by molar-refractivity contribution is 6.30. The van der Waals surface area contributed by atoms with Gasteiger partial charge >= 0.3 is 0 Å². The standard InChI is InChI=1S/C18H16ClFN4O/c19-12-7-11(9-21-10-12)18(25)24-6-2-1-3-16(24)17-22-14-5-4-13(20)8-15(14)23-17/h4-5,7-10,16H,1-3,6H2,(H,22,23)/t16-/m0/s1. The summed E-state index contributed by atoms with van der Waals surface area (Å²) in [6, 6.07) is 5.89. The predicted molar refractivity (Wildman–Crippen MR) is 92.9 cm³/mol. The fourth-order valence-corrected chi connectivity index (χ4v) is 3.49. The highest BCUT2D eigenvalue weighted by Crippen LogP contribution is 2.32. The molecule has 0 aliphatic carbocycles. The molecule has 0 radical (unpaired) electrons. The Labute approximate surface area is 148 Å². The summed E-state index contributed by atoms with van der Waals surface area (Å²) in [6.07, 6.45) is 5.77. The molecular formula is C18H16ClFN4O.